The molecule has 0 unspecified atom stereocenters. The molecule has 7 heteroatoms. The molecule has 0 atom stereocenters. The van der Waals surface area contributed by atoms with Gasteiger partial charge in [-0.15, -0.1) is 0 Å². The first-order chi connectivity index (χ1) is 15.6. The number of nitrogens with zero attached hydrogens (tertiary/aromatic N) is 2. The number of aromatic nitrogens is 2. The van der Waals surface area contributed by atoms with Gasteiger partial charge in [-0.05, 0) is 76.9 Å². The first-order valence-corrected chi connectivity index (χ1v) is 11.0. The summed E-state index contributed by atoms with van der Waals surface area (Å²) in [5.41, 5.74) is 2.07. The molecule has 3 aromatic rings. The van der Waals surface area contributed by atoms with Crippen LogP contribution in [-0.2, 0) is 4.74 Å². The molecule has 1 fully saturated rings. The van der Waals surface area contributed by atoms with Crippen molar-refractivity contribution in [3.05, 3.63) is 60.4 Å². The molecule has 0 spiro atoms. The third-order valence-corrected chi connectivity index (χ3v) is 5.86. The zero-order valence-corrected chi connectivity index (χ0v) is 19.6. The predicted molar refractivity (Wildman–Crippen MR) is 123 cm³/mol. The highest BCUT2D eigenvalue weighted by Gasteiger charge is 2.41. The lowest BCUT2D eigenvalue weighted by Gasteiger charge is -2.45. The highest BCUT2D eigenvalue weighted by Crippen LogP contribution is 2.44. The maximum absolute atomic E-state index is 12.6. The van der Waals surface area contributed by atoms with Crippen molar-refractivity contribution in [3.63, 3.8) is 0 Å². The normalized spacial score (nSPS) is 17.8. The Bertz CT molecular complexity index is 1090. The second-order valence-electron chi connectivity index (χ2n) is 9.66. The summed E-state index contributed by atoms with van der Waals surface area (Å²) in [6, 6.07) is 14.3. The third kappa shape index (κ3) is 5.19. The van der Waals surface area contributed by atoms with Crippen molar-refractivity contribution in [3.8, 4) is 28.6 Å². The van der Waals surface area contributed by atoms with E-state index in [4.69, 9.17) is 14.5 Å². The van der Waals surface area contributed by atoms with Crippen LogP contribution in [-0.4, -0.2) is 34.5 Å². The molecule has 1 aliphatic heterocycles. The zero-order chi connectivity index (χ0) is 23.8. The molecule has 0 amide bonds. The van der Waals surface area contributed by atoms with Gasteiger partial charge in [-0.2, -0.15) is 8.78 Å². The Morgan fingerprint density at radius 2 is 1.64 bits per heavy atom. The first kappa shape index (κ1) is 23.2. The van der Waals surface area contributed by atoms with Gasteiger partial charge in [0, 0.05) is 17.8 Å². The quantitative estimate of drug-likeness (QED) is 0.419. The number of hydrogen-bond donors (Lipinski definition) is 0. The molecule has 33 heavy (non-hydrogen) atoms. The first-order valence-electron chi connectivity index (χ1n) is 11.0. The van der Waals surface area contributed by atoms with E-state index in [1.807, 2.05) is 35.0 Å². The number of benzene rings is 2. The van der Waals surface area contributed by atoms with Gasteiger partial charge in [0.25, 0.3) is 0 Å². The Kier molecular flexibility index (Phi) is 6.18. The van der Waals surface area contributed by atoms with E-state index in [0.717, 1.165) is 35.6 Å². The van der Waals surface area contributed by atoms with Crippen LogP contribution in [0, 0.1) is 0 Å². The summed E-state index contributed by atoms with van der Waals surface area (Å²) in [6.45, 7) is 5.59. The average Bonchev–Trinajstić information content (AvgIpc) is 3.17. The van der Waals surface area contributed by atoms with E-state index >= 15 is 0 Å². The van der Waals surface area contributed by atoms with Gasteiger partial charge >= 0.3 is 6.61 Å². The minimum atomic E-state index is -2.86. The second kappa shape index (κ2) is 8.78. The molecule has 176 valence electrons. The van der Waals surface area contributed by atoms with Crippen LogP contribution in [0.2, 0.25) is 0 Å². The fourth-order valence-corrected chi connectivity index (χ4v) is 4.90. The van der Waals surface area contributed by atoms with Crippen molar-refractivity contribution in [2.45, 2.75) is 64.3 Å². The van der Waals surface area contributed by atoms with Crippen molar-refractivity contribution in [2.24, 2.45) is 0 Å². The van der Waals surface area contributed by atoms with Crippen LogP contribution in [0.4, 0.5) is 8.78 Å². The summed E-state index contributed by atoms with van der Waals surface area (Å²) in [7, 11) is 1.63. The SMILES string of the molecule is COc1ccccc1-c1nc(C2CC(C)(C)OC(C)(C)C2)cn1-c1ccc(OC(F)F)cc1. The molecule has 2 aromatic carbocycles. The van der Waals surface area contributed by atoms with Crippen LogP contribution < -0.4 is 9.47 Å². The van der Waals surface area contributed by atoms with Gasteiger partial charge in [-0.1, -0.05) is 12.1 Å². The van der Waals surface area contributed by atoms with E-state index in [2.05, 4.69) is 32.4 Å². The van der Waals surface area contributed by atoms with E-state index in [1.165, 1.54) is 12.1 Å². The number of hydrogen-bond acceptors (Lipinski definition) is 4. The van der Waals surface area contributed by atoms with Crippen LogP contribution in [0.1, 0.15) is 52.1 Å². The smallest absolute Gasteiger partial charge is 0.387 e. The van der Waals surface area contributed by atoms with Crippen molar-refractivity contribution < 1.29 is 23.0 Å². The van der Waals surface area contributed by atoms with Crippen LogP contribution in [0.3, 0.4) is 0 Å². The van der Waals surface area contributed by atoms with Crippen molar-refractivity contribution in [1.82, 2.24) is 9.55 Å². The molecule has 5 nitrogen and oxygen atoms in total. The monoisotopic (exact) mass is 456 g/mol. The summed E-state index contributed by atoms with van der Waals surface area (Å²) < 4.78 is 43.5. The van der Waals surface area contributed by atoms with E-state index < -0.39 is 6.61 Å². The van der Waals surface area contributed by atoms with Gasteiger partial charge in [0.2, 0.25) is 0 Å². The molecule has 2 heterocycles. The summed E-state index contributed by atoms with van der Waals surface area (Å²) in [5.74, 6) is 1.76. The number of imidazole rings is 1. The molecule has 0 N–H and O–H groups in total. The summed E-state index contributed by atoms with van der Waals surface area (Å²) in [5, 5.41) is 0. The Morgan fingerprint density at radius 1 is 1.00 bits per heavy atom. The summed E-state index contributed by atoms with van der Waals surface area (Å²) >= 11 is 0. The molecule has 0 saturated carbocycles. The topological polar surface area (TPSA) is 45.5 Å². The van der Waals surface area contributed by atoms with Crippen LogP contribution in [0.25, 0.3) is 17.1 Å². The van der Waals surface area contributed by atoms with E-state index in [-0.39, 0.29) is 22.9 Å². The molecule has 4 rings (SSSR count). The molecule has 0 aliphatic carbocycles. The van der Waals surface area contributed by atoms with E-state index in [0.29, 0.717) is 5.75 Å². The lowest BCUT2D eigenvalue weighted by molar-refractivity contribution is -0.162. The molecular weight excluding hydrogens is 426 g/mol. The predicted octanol–water partition coefficient (Wildman–Crippen LogP) is 6.60. The van der Waals surface area contributed by atoms with Gasteiger partial charge in [0.05, 0.1) is 29.6 Å². The summed E-state index contributed by atoms with van der Waals surface area (Å²) in [6.07, 6.45) is 3.73. The summed E-state index contributed by atoms with van der Waals surface area (Å²) in [4.78, 5) is 5.07. The molecule has 0 radical (unpaired) electrons. The lowest BCUT2D eigenvalue weighted by atomic mass is 9.79. The fourth-order valence-electron chi connectivity index (χ4n) is 4.90. The number of rotatable bonds is 6. The minimum absolute atomic E-state index is 0.112. The van der Waals surface area contributed by atoms with E-state index in [1.54, 1.807) is 19.2 Å². The molecule has 0 bridgehead atoms. The van der Waals surface area contributed by atoms with Gasteiger partial charge in [-0.25, -0.2) is 4.98 Å². The third-order valence-electron chi connectivity index (χ3n) is 5.86. The van der Waals surface area contributed by atoms with Gasteiger partial charge in [0.1, 0.15) is 17.3 Å². The largest absolute Gasteiger partial charge is 0.496 e. The Hall–Kier alpha value is -2.93. The number of halogens is 2. The highest BCUT2D eigenvalue weighted by atomic mass is 19.3. The molecule has 1 aromatic heterocycles. The van der Waals surface area contributed by atoms with Crippen molar-refractivity contribution >= 4 is 0 Å². The Balaban J connectivity index is 1.80. The number of methoxy groups -OCH3 is 1. The Morgan fingerprint density at radius 3 is 2.24 bits per heavy atom. The lowest BCUT2D eigenvalue weighted by Crippen LogP contribution is -2.44. The molecule has 1 aliphatic rings. The maximum atomic E-state index is 12.6. The van der Waals surface area contributed by atoms with Crippen LogP contribution >= 0.6 is 0 Å². The molecular formula is C26H30F2N2O3. The minimum Gasteiger partial charge on any atom is -0.496 e. The van der Waals surface area contributed by atoms with Gasteiger partial charge in [0.15, 0.2) is 0 Å². The molecule has 1 saturated heterocycles. The number of alkyl halides is 2. The van der Waals surface area contributed by atoms with Crippen LogP contribution in [0.5, 0.6) is 11.5 Å². The van der Waals surface area contributed by atoms with Gasteiger partial charge in [-0.3, -0.25) is 4.57 Å². The fraction of sp³-hybridized carbons (Fsp3) is 0.423. The van der Waals surface area contributed by atoms with Gasteiger partial charge < -0.3 is 14.2 Å². The second-order valence-corrected chi connectivity index (χ2v) is 9.66. The van der Waals surface area contributed by atoms with Crippen molar-refractivity contribution in [1.29, 1.82) is 0 Å². The van der Waals surface area contributed by atoms with E-state index in [9.17, 15) is 8.78 Å². The standard InChI is InChI=1S/C26H30F2N2O3/c1-25(2)14-17(15-26(3,4)33-25)21-16-30(18-10-12-19(13-11-18)32-24(27)28)23(29-21)20-8-6-7-9-22(20)31-5/h6-13,16-17,24H,14-15H2,1-5H3. The zero-order valence-electron chi connectivity index (χ0n) is 19.6. The average molecular weight is 457 g/mol. The van der Waals surface area contributed by atoms with Crippen molar-refractivity contribution in [2.75, 3.05) is 7.11 Å². The highest BCUT2D eigenvalue weighted by molar-refractivity contribution is 5.67. The number of ether oxygens (including phenoxy) is 3. The van der Waals surface area contributed by atoms with Crippen LogP contribution in [0.15, 0.2) is 54.7 Å². The Labute approximate surface area is 193 Å². The number of para-hydroxylation sites is 1. The maximum Gasteiger partial charge on any atom is 0.387 e.